The minimum absolute atomic E-state index is 0.169. The third-order valence-electron chi connectivity index (χ3n) is 3.23. The van der Waals surface area contributed by atoms with Gasteiger partial charge in [-0.1, -0.05) is 13.8 Å². The second-order valence-corrected chi connectivity index (χ2v) is 4.80. The number of nitrogens with zero attached hydrogens (tertiary/aromatic N) is 5. The van der Waals surface area contributed by atoms with Crippen molar-refractivity contribution in [2.75, 3.05) is 6.61 Å². The van der Waals surface area contributed by atoms with Gasteiger partial charge < -0.3 is 4.74 Å². The Hall–Kier alpha value is -2.06. The van der Waals surface area contributed by atoms with E-state index >= 15 is 0 Å². The predicted molar refractivity (Wildman–Crippen MR) is 88.3 cm³/mol. The van der Waals surface area contributed by atoms with Gasteiger partial charge in [0.2, 0.25) is 0 Å². The van der Waals surface area contributed by atoms with Crippen LogP contribution in [0, 0.1) is 0 Å². The molecule has 23 heavy (non-hydrogen) atoms. The van der Waals surface area contributed by atoms with Gasteiger partial charge >= 0.3 is 0 Å². The molecule has 0 saturated carbocycles. The molecule has 2 atom stereocenters. The van der Waals surface area contributed by atoms with Crippen molar-refractivity contribution in [3.63, 3.8) is 0 Å². The Kier molecular flexibility index (Phi) is 5.62. The van der Waals surface area contributed by atoms with Gasteiger partial charge in [0.25, 0.3) is 0 Å². The van der Waals surface area contributed by atoms with Crippen molar-refractivity contribution in [3.05, 3.63) is 23.8 Å². The smallest absolute Gasteiger partial charge is 0.193 e. The Labute approximate surface area is 135 Å². The summed E-state index contributed by atoms with van der Waals surface area (Å²) in [6, 6.07) is 0. The van der Waals surface area contributed by atoms with E-state index in [1.54, 1.807) is 17.1 Å². The van der Waals surface area contributed by atoms with Crippen LogP contribution in [-0.2, 0) is 4.74 Å². The first-order valence-corrected chi connectivity index (χ1v) is 7.83. The Balaban J connectivity index is 0.000000924. The van der Waals surface area contributed by atoms with Crippen LogP contribution in [0.5, 0.6) is 0 Å². The van der Waals surface area contributed by atoms with Gasteiger partial charge in [-0.05, 0) is 20.8 Å². The van der Waals surface area contributed by atoms with Crippen molar-refractivity contribution in [2.24, 2.45) is 9.98 Å². The number of nitrogens with one attached hydrogen (secondary N) is 1. The number of hydrogen-bond acceptors (Lipinski definition) is 6. The first-order chi connectivity index (χ1) is 11.1. The Morgan fingerprint density at radius 1 is 1.43 bits per heavy atom. The lowest BCUT2D eigenvalue weighted by Gasteiger charge is -2.18. The molecule has 126 valence electrons. The fraction of sp³-hybridized carbons (Fsp3) is 0.533. The second kappa shape index (κ2) is 7.47. The lowest BCUT2D eigenvalue weighted by Crippen LogP contribution is -2.40. The van der Waals surface area contributed by atoms with Crippen LogP contribution in [0.15, 0.2) is 28.2 Å². The molecule has 0 amide bonds. The molecule has 3 heterocycles. The zero-order valence-electron chi connectivity index (χ0n) is 14.1. The van der Waals surface area contributed by atoms with Crippen LogP contribution in [0.25, 0.3) is 5.70 Å². The van der Waals surface area contributed by atoms with Crippen molar-refractivity contribution in [3.8, 4) is 0 Å². The number of ether oxygens (including phenoxy) is 1. The lowest BCUT2D eigenvalue weighted by atomic mass is 10.2. The van der Waals surface area contributed by atoms with E-state index in [1.165, 1.54) is 11.3 Å². The SMILES string of the molecule is CC.CCOC(C)n1cc(C2=C(F)C3=NC(C)NN3C=N2)cn1. The average Bonchev–Trinajstić information content (AvgIpc) is 3.16. The predicted octanol–water partition coefficient (Wildman–Crippen LogP) is 2.71. The van der Waals surface area contributed by atoms with Gasteiger partial charge in [-0.2, -0.15) is 5.10 Å². The number of rotatable bonds is 4. The molecule has 7 nitrogen and oxygen atoms in total. The molecule has 0 aromatic carbocycles. The maximum atomic E-state index is 14.5. The van der Waals surface area contributed by atoms with Crippen LogP contribution >= 0.6 is 0 Å². The molecule has 0 spiro atoms. The molecule has 1 N–H and O–H groups in total. The number of aliphatic imine (C=N–C) groups is 2. The molecule has 2 unspecified atom stereocenters. The maximum absolute atomic E-state index is 14.5. The average molecular weight is 322 g/mol. The van der Waals surface area contributed by atoms with Gasteiger partial charge in [-0.3, -0.25) is 0 Å². The molecule has 2 aliphatic rings. The van der Waals surface area contributed by atoms with Crippen LogP contribution < -0.4 is 5.43 Å². The first kappa shape index (κ1) is 17.3. The van der Waals surface area contributed by atoms with Gasteiger partial charge in [-0.25, -0.2) is 29.5 Å². The van der Waals surface area contributed by atoms with Gasteiger partial charge in [-0.15, -0.1) is 0 Å². The van der Waals surface area contributed by atoms with Crippen LogP contribution in [0.4, 0.5) is 4.39 Å². The molecule has 3 rings (SSSR count). The highest BCUT2D eigenvalue weighted by atomic mass is 19.1. The summed E-state index contributed by atoms with van der Waals surface area (Å²) in [6.45, 7) is 10.2. The van der Waals surface area contributed by atoms with E-state index in [4.69, 9.17) is 4.74 Å². The molecular formula is C15H23FN6O. The summed E-state index contributed by atoms with van der Waals surface area (Å²) in [7, 11) is 0. The summed E-state index contributed by atoms with van der Waals surface area (Å²) in [5.41, 5.74) is 3.79. The van der Waals surface area contributed by atoms with E-state index in [0.717, 1.165) is 0 Å². The number of aromatic nitrogens is 2. The molecule has 0 bridgehead atoms. The number of hydrazine groups is 1. The number of fused-ring (bicyclic) bond motifs is 1. The summed E-state index contributed by atoms with van der Waals surface area (Å²) in [5.74, 6) is -0.212. The standard InChI is InChI=1S/C13H17FN6O.C2H6/c1-4-21-9(3)19-6-10(5-16-19)12-11(14)13-17-8(2)18-20(13)7-15-12;1-2/h5-9,18H,4H2,1-3H3;1-2H3. The summed E-state index contributed by atoms with van der Waals surface area (Å²) in [5, 5.41) is 5.68. The number of amidine groups is 1. The lowest BCUT2D eigenvalue weighted by molar-refractivity contribution is 0.0159. The maximum Gasteiger partial charge on any atom is 0.193 e. The van der Waals surface area contributed by atoms with Crippen LogP contribution in [0.1, 0.15) is 46.4 Å². The van der Waals surface area contributed by atoms with Crippen molar-refractivity contribution < 1.29 is 9.13 Å². The normalized spacial score (nSPS) is 20.9. The van der Waals surface area contributed by atoms with Crippen LogP contribution in [0.2, 0.25) is 0 Å². The van der Waals surface area contributed by atoms with Crippen LogP contribution in [0.3, 0.4) is 0 Å². The molecule has 0 aliphatic carbocycles. The van der Waals surface area contributed by atoms with E-state index in [-0.39, 0.29) is 23.9 Å². The third-order valence-corrected chi connectivity index (χ3v) is 3.23. The van der Waals surface area contributed by atoms with E-state index in [2.05, 4.69) is 20.5 Å². The number of halogens is 1. The van der Waals surface area contributed by atoms with E-state index in [1.807, 2.05) is 34.6 Å². The summed E-state index contributed by atoms with van der Waals surface area (Å²) in [6.07, 6.45) is 4.43. The van der Waals surface area contributed by atoms with Crippen molar-refractivity contribution in [1.29, 1.82) is 0 Å². The zero-order chi connectivity index (χ0) is 17.0. The Morgan fingerprint density at radius 3 is 2.87 bits per heavy atom. The molecule has 8 heteroatoms. The minimum atomic E-state index is -0.460. The molecule has 1 aromatic heterocycles. The number of hydrogen-bond donors (Lipinski definition) is 1. The largest absolute Gasteiger partial charge is 0.357 e. The monoisotopic (exact) mass is 322 g/mol. The fourth-order valence-electron chi connectivity index (χ4n) is 2.24. The van der Waals surface area contributed by atoms with Crippen molar-refractivity contribution in [2.45, 2.75) is 47.0 Å². The molecular weight excluding hydrogens is 299 g/mol. The quantitative estimate of drug-likeness (QED) is 0.925. The highest BCUT2D eigenvalue weighted by molar-refractivity contribution is 6.11. The van der Waals surface area contributed by atoms with Crippen molar-refractivity contribution in [1.82, 2.24) is 20.2 Å². The molecule has 0 radical (unpaired) electrons. The highest BCUT2D eigenvalue weighted by Gasteiger charge is 2.30. The van der Waals surface area contributed by atoms with E-state index in [0.29, 0.717) is 12.2 Å². The van der Waals surface area contributed by atoms with Gasteiger partial charge in [0.15, 0.2) is 11.7 Å². The fourth-order valence-corrected chi connectivity index (χ4v) is 2.24. The topological polar surface area (TPSA) is 67.0 Å². The molecule has 2 aliphatic heterocycles. The van der Waals surface area contributed by atoms with Crippen LogP contribution in [-0.4, -0.2) is 39.7 Å². The van der Waals surface area contributed by atoms with Gasteiger partial charge in [0.1, 0.15) is 24.4 Å². The Bertz CT molecular complexity index is 636. The Morgan fingerprint density at radius 2 is 2.17 bits per heavy atom. The van der Waals surface area contributed by atoms with E-state index < -0.39 is 5.83 Å². The van der Waals surface area contributed by atoms with Gasteiger partial charge in [0, 0.05) is 18.4 Å². The molecule has 0 saturated heterocycles. The summed E-state index contributed by atoms with van der Waals surface area (Å²) >= 11 is 0. The minimum Gasteiger partial charge on any atom is -0.357 e. The van der Waals surface area contributed by atoms with Crippen molar-refractivity contribution >= 4 is 17.9 Å². The second-order valence-electron chi connectivity index (χ2n) is 4.80. The molecule has 0 fully saturated rings. The summed E-state index contributed by atoms with van der Waals surface area (Å²) < 4.78 is 21.6. The third kappa shape index (κ3) is 3.48. The first-order valence-electron chi connectivity index (χ1n) is 7.83. The summed E-state index contributed by atoms with van der Waals surface area (Å²) in [4.78, 5) is 8.34. The zero-order valence-corrected chi connectivity index (χ0v) is 14.1. The highest BCUT2D eigenvalue weighted by Crippen LogP contribution is 2.27. The molecule has 1 aromatic rings. The van der Waals surface area contributed by atoms with E-state index in [9.17, 15) is 4.39 Å². The van der Waals surface area contributed by atoms with Gasteiger partial charge in [0.05, 0.1) is 6.20 Å².